The summed E-state index contributed by atoms with van der Waals surface area (Å²) < 4.78 is 0. The molecule has 0 spiro atoms. The van der Waals surface area contributed by atoms with Gasteiger partial charge in [0.25, 0.3) is 5.91 Å². The van der Waals surface area contributed by atoms with Crippen molar-refractivity contribution in [2.45, 2.75) is 51.7 Å². The molecule has 1 fully saturated rings. The fraction of sp³-hybridized carbons (Fsp3) is 0.409. The molecule has 2 aromatic carbocycles. The average Bonchev–Trinajstić information content (AvgIpc) is 3.46. The van der Waals surface area contributed by atoms with Gasteiger partial charge in [-0.1, -0.05) is 68.4 Å². The normalized spacial score (nSPS) is 15.2. The van der Waals surface area contributed by atoms with Gasteiger partial charge in [-0.3, -0.25) is 4.79 Å². The van der Waals surface area contributed by atoms with E-state index in [1.165, 1.54) is 28.9 Å². The van der Waals surface area contributed by atoms with Gasteiger partial charge in [0.05, 0.1) is 6.04 Å². The zero-order valence-electron chi connectivity index (χ0n) is 15.3. The van der Waals surface area contributed by atoms with Crippen LogP contribution in [0.15, 0.2) is 54.6 Å². The summed E-state index contributed by atoms with van der Waals surface area (Å²) in [5, 5.41) is 3.06. The molecule has 3 rings (SSSR count). The minimum Gasteiger partial charge on any atom is -0.347 e. The average molecular weight is 337 g/mol. The molecule has 132 valence electrons. The predicted octanol–water partition coefficient (Wildman–Crippen LogP) is 2.67. The molecule has 2 aromatic rings. The maximum absolute atomic E-state index is 12.4. The molecule has 0 saturated heterocycles. The smallest absolute Gasteiger partial charge is 0.275 e. The van der Waals surface area contributed by atoms with Crippen LogP contribution in [0.5, 0.6) is 0 Å². The Morgan fingerprint density at radius 1 is 1.04 bits per heavy atom. The molecular formula is C22H29N2O+. The van der Waals surface area contributed by atoms with Gasteiger partial charge in [-0.05, 0) is 17.0 Å². The second kappa shape index (κ2) is 8.30. The Balaban J connectivity index is 1.53. The molecule has 1 aliphatic rings. The Morgan fingerprint density at radius 2 is 1.72 bits per heavy atom. The fourth-order valence-electron chi connectivity index (χ4n) is 3.19. The third kappa shape index (κ3) is 5.43. The van der Waals surface area contributed by atoms with Crippen molar-refractivity contribution in [2.24, 2.45) is 0 Å². The highest BCUT2D eigenvalue weighted by Gasteiger charge is 2.34. The largest absolute Gasteiger partial charge is 0.347 e. The number of benzene rings is 2. The standard InChI is InChI=1S/C22H28N2O/c1-17(2)20-10-8-19(9-11-20)15-24(21-12-13-21)16-22(25)23-14-18-6-4-3-5-7-18/h3-11,17,21H,12-16H2,1-2H3,(H,23,25)/p+1. The Morgan fingerprint density at radius 3 is 2.32 bits per heavy atom. The van der Waals surface area contributed by atoms with E-state index in [0.29, 0.717) is 25.0 Å². The molecular weight excluding hydrogens is 308 g/mol. The molecule has 3 heteroatoms. The van der Waals surface area contributed by atoms with Crippen LogP contribution in [0.1, 0.15) is 49.3 Å². The maximum Gasteiger partial charge on any atom is 0.275 e. The SMILES string of the molecule is CC(C)c1ccc(C[NH+](CC(=O)NCc2ccccc2)C2CC2)cc1. The molecule has 25 heavy (non-hydrogen) atoms. The first-order valence-electron chi connectivity index (χ1n) is 9.36. The number of carbonyl (C=O) groups excluding carboxylic acids is 1. The van der Waals surface area contributed by atoms with Gasteiger partial charge in [0, 0.05) is 24.9 Å². The van der Waals surface area contributed by atoms with Crippen molar-refractivity contribution in [3.8, 4) is 0 Å². The van der Waals surface area contributed by atoms with Gasteiger partial charge in [0.15, 0.2) is 6.54 Å². The molecule has 2 N–H and O–H groups in total. The van der Waals surface area contributed by atoms with Crippen molar-refractivity contribution < 1.29 is 9.69 Å². The van der Waals surface area contributed by atoms with Crippen molar-refractivity contribution in [3.05, 3.63) is 71.3 Å². The molecule has 0 heterocycles. The Kier molecular flexibility index (Phi) is 5.87. The van der Waals surface area contributed by atoms with Crippen molar-refractivity contribution in [1.82, 2.24) is 5.32 Å². The van der Waals surface area contributed by atoms with E-state index in [9.17, 15) is 4.79 Å². The molecule has 3 nitrogen and oxygen atoms in total. The van der Waals surface area contributed by atoms with Crippen molar-refractivity contribution in [1.29, 1.82) is 0 Å². The van der Waals surface area contributed by atoms with E-state index < -0.39 is 0 Å². The highest BCUT2D eigenvalue weighted by atomic mass is 16.2. The summed E-state index contributed by atoms with van der Waals surface area (Å²) in [6, 6.07) is 19.6. The molecule has 1 amide bonds. The van der Waals surface area contributed by atoms with Crippen LogP contribution in [-0.2, 0) is 17.9 Å². The Labute approximate surface area is 151 Å². The molecule has 1 unspecified atom stereocenters. The van der Waals surface area contributed by atoms with Crippen LogP contribution < -0.4 is 10.2 Å². The van der Waals surface area contributed by atoms with E-state index in [0.717, 1.165) is 12.1 Å². The maximum atomic E-state index is 12.4. The van der Waals surface area contributed by atoms with Crippen molar-refractivity contribution in [2.75, 3.05) is 6.54 Å². The summed E-state index contributed by atoms with van der Waals surface area (Å²) >= 11 is 0. The van der Waals surface area contributed by atoms with Crippen LogP contribution in [0.2, 0.25) is 0 Å². The van der Waals surface area contributed by atoms with Gasteiger partial charge >= 0.3 is 0 Å². The van der Waals surface area contributed by atoms with Gasteiger partial charge in [-0.25, -0.2) is 0 Å². The van der Waals surface area contributed by atoms with E-state index in [4.69, 9.17) is 0 Å². The van der Waals surface area contributed by atoms with Gasteiger partial charge in [-0.15, -0.1) is 0 Å². The lowest BCUT2D eigenvalue weighted by molar-refractivity contribution is -0.917. The number of quaternary nitrogens is 1. The summed E-state index contributed by atoms with van der Waals surface area (Å²) in [5.41, 5.74) is 3.84. The van der Waals surface area contributed by atoms with Crippen LogP contribution in [0.25, 0.3) is 0 Å². The number of nitrogens with one attached hydrogen (secondary N) is 2. The van der Waals surface area contributed by atoms with Crippen LogP contribution in [0.4, 0.5) is 0 Å². The topological polar surface area (TPSA) is 33.5 Å². The zero-order chi connectivity index (χ0) is 17.6. The molecule has 0 radical (unpaired) electrons. The third-order valence-electron chi connectivity index (χ3n) is 4.95. The molecule has 0 aliphatic heterocycles. The highest BCUT2D eigenvalue weighted by molar-refractivity contribution is 5.76. The summed E-state index contributed by atoms with van der Waals surface area (Å²) in [6.07, 6.45) is 2.48. The molecule has 1 saturated carbocycles. The number of amides is 1. The fourth-order valence-corrected chi connectivity index (χ4v) is 3.19. The number of hydrogen-bond donors (Lipinski definition) is 2. The van der Waals surface area contributed by atoms with Gasteiger partial charge in [0.1, 0.15) is 6.54 Å². The summed E-state index contributed by atoms with van der Waals surface area (Å²) in [5.74, 6) is 0.703. The summed E-state index contributed by atoms with van der Waals surface area (Å²) in [6.45, 7) is 6.54. The Bertz CT molecular complexity index is 675. The van der Waals surface area contributed by atoms with E-state index >= 15 is 0 Å². The predicted molar refractivity (Wildman–Crippen MR) is 101 cm³/mol. The minimum absolute atomic E-state index is 0.143. The molecule has 0 aromatic heterocycles. The third-order valence-corrected chi connectivity index (χ3v) is 4.95. The van der Waals surface area contributed by atoms with Crippen LogP contribution >= 0.6 is 0 Å². The molecule has 0 bridgehead atoms. The lowest BCUT2D eigenvalue weighted by atomic mass is 10.0. The monoisotopic (exact) mass is 337 g/mol. The van der Waals surface area contributed by atoms with E-state index in [1.54, 1.807) is 0 Å². The van der Waals surface area contributed by atoms with Crippen LogP contribution in [0.3, 0.4) is 0 Å². The Hall–Kier alpha value is -2.13. The second-order valence-corrected chi connectivity index (χ2v) is 7.44. The zero-order valence-corrected chi connectivity index (χ0v) is 15.3. The van der Waals surface area contributed by atoms with E-state index in [2.05, 4.69) is 43.4 Å². The van der Waals surface area contributed by atoms with Crippen molar-refractivity contribution in [3.63, 3.8) is 0 Å². The van der Waals surface area contributed by atoms with Gasteiger partial charge in [0.2, 0.25) is 0 Å². The first kappa shape index (κ1) is 17.7. The van der Waals surface area contributed by atoms with Crippen LogP contribution in [0, 0.1) is 0 Å². The highest BCUT2D eigenvalue weighted by Crippen LogP contribution is 2.17. The van der Waals surface area contributed by atoms with E-state index in [-0.39, 0.29) is 5.91 Å². The number of hydrogen-bond acceptors (Lipinski definition) is 1. The lowest BCUT2D eigenvalue weighted by Crippen LogP contribution is -3.13. The number of rotatable bonds is 8. The van der Waals surface area contributed by atoms with Crippen LogP contribution in [-0.4, -0.2) is 18.5 Å². The first-order chi connectivity index (χ1) is 12.1. The summed E-state index contributed by atoms with van der Waals surface area (Å²) in [4.78, 5) is 13.8. The molecule has 1 aliphatic carbocycles. The minimum atomic E-state index is 0.143. The molecule has 1 atom stereocenters. The lowest BCUT2D eigenvalue weighted by Gasteiger charge is -2.19. The van der Waals surface area contributed by atoms with Gasteiger partial charge in [-0.2, -0.15) is 0 Å². The number of carbonyl (C=O) groups is 1. The first-order valence-corrected chi connectivity index (χ1v) is 9.36. The summed E-state index contributed by atoms with van der Waals surface area (Å²) in [7, 11) is 0. The van der Waals surface area contributed by atoms with Crippen molar-refractivity contribution >= 4 is 5.91 Å². The quantitative estimate of drug-likeness (QED) is 0.763. The van der Waals surface area contributed by atoms with E-state index in [1.807, 2.05) is 30.3 Å². The second-order valence-electron chi connectivity index (χ2n) is 7.44. The van der Waals surface area contributed by atoms with Gasteiger partial charge < -0.3 is 10.2 Å².